The van der Waals surface area contributed by atoms with Gasteiger partial charge in [0.2, 0.25) is 0 Å². The zero-order valence-electron chi connectivity index (χ0n) is 14.8. The summed E-state index contributed by atoms with van der Waals surface area (Å²) in [5.74, 6) is 1.09. The Bertz CT molecular complexity index is 656. The van der Waals surface area contributed by atoms with Gasteiger partial charge in [0, 0.05) is 16.8 Å². The van der Waals surface area contributed by atoms with Crippen molar-refractivity contribution in [2.45, 2.75) is 64.0 Å². The van der Waals surface area contributed by atoms with Crippen molar-refractivity contribution in [3.8, 4) is 0 Å². The molecule has 0 aliphatic heterocycles. The average Bonchev–Trinajstić information content (AvgIpc) is 2.82. The fourth-order valence-corrected chi connectivity index (χ4v) is 5.91. The van der Waals surface area contributed by atoms with Gasteiger partial charge >= 0.3 is 12.0 Å². The molecular weight excluding hydrogens is 320 g/mol. The van der Waals surface area contributed by atoms with Crippen LogP contribution in [0.4, 0.5) is 4.79 Å². The predicted molar refractivity (Wildman–Crippen MR) is 91.0 cm³/mol. The number of nitrogens with one attached hydrogen (secondary N) is 3. The van der Waals surface area contributed by atoms with Gasteiger partial charge in [0.25, 0.3) is 0 Å². The molecule has 4 aliphatic rings. The molecule has 0 aromatic carbocycles. The number of aromatic amines is 1. The average molecular weight is 346 g/mol. The van der Waals surface area contributed by atoms with E-state index in [9.17, 15) is 14.7 Å². The number of amides is 2. The summed E-state index contributed by atoms with van der Waals surface area (Å²) in [5.41, 5.74) is 1.66. The van der Waals surface area contributed by atoms with Crippen LogP contribution < -0.4 is 10.6 Å². The zero-order valence-corrected chi connectivity index (χ0v) is 14.8. The number of carbonyl (C=O) groups excluding carboxylic acids is 1. The highest BCUT2D eigenvalue weighted by Crippen LogP contribution is 2.55. The van der Waals surface area contributed by atoms with Crippen molar-refractivity contribution in [3.63, 3.8) is 0 Å². The number of aryl methyl sites for hydroxylation is 2. The third-order valence-electron chi connectivity index (χ3n) is 6.41. The number of nitrogens with zero attached hydrogens (tertiary/aromatic N) is 1. The number of carboxylic acids is 1. The lowest BCUT2D eigenvalue weighted by molar-refractivity contribution is -0.139. The normalized spacial score (nSPS) is 33.9. The van der Waals surface area contributed by atoms with Gasteiger partial charge in [0.05, 0.1) is 5.69 Å². The van der Waals surface area contributed by atoms with E-state index in [4.69, 9.17) is 0 Å². The van der Waals surface area contributed by atoms with Crippen LogP contribution in [-0.4, -0.2) is 32.8 Å². The molecule has 4 bridgehead atoms. The number of aromatic nitrogens is 2. The molecule has 4 fully saturated rings. The molecule has 25 heavy (non-hydrogen) atoms. The van der Waals surface area contributed by atoms with E-state index in [2.05, 4.69) is 20.8 Å². The van der Waals surface area contributed by atoms with Gasteiger partial charge in [0.15, 0.2) is 6.04 Å². The summed E-state index contributed by atoms with van der Waals surface area (Å²) in [6.07, 6.45) is 7.00. The molecule has 0 radical (unpaired) electrons. The number of hydrogen-bond donors (Lipinski definition) is 4. The Morgan fingerprint density at radius 3 is 2.16 bits per heavy atom. The van der Waals surface area contributed by atoms with Gasteiger partial charge in [-0.05, 0) is 70.1 Å². The highest BCUT2D eigenvalue weighted by atomic mass is 16.4. The topological polar surface area (TPSA) is 107 Å². The van der Waals surface area contributed by atoms with E-state index in [1.807, 2.05) is 0 Å². The van der Waals surface area contributed by atoms with Crippen LogP contribution in [0.15, 0.2) is 0 Å². The smallest absolute Gasteiger partial charge is 0.331 e. The van der Waals surface area contributed by atoms with Crippen molar-refractivity contribution in [1.29, 1.82) is 0 Å². The minimum atomic E-state index is -1.09. The fourth-order valence-electron chi connectivity index (χ4n) is 5.91. The number of H-pyrrole nitrogens is 1. The number of rotatable bonds is 4. The van der Waals surface area contributed by atoms with Gasteiger partial charge in [-0.3, -0.25) is 5.10 Å². The Labute approximate surface area is 147 Å². The minimum Gasteiger partial charge on any atom is -0.479 e. The molecule has 4 saturated carbocycles. The largest absolute Gasteiger partial charge is 0.479 e. The first-order valence-corrected chi connectivity index (χ1v) is 9.18. The molecule has 136 valence electrons. The van der Waals surface area contributed by atoms with E-state index in [0.29, 0.717) is 17.0 Å². The number of carboxylic acid groups (broad SMARTS) is 1. The lowest BCUT2D eigenvalue weighted by Gasteiger charge is -2.56. The summed E-state index contributed by atoms with van der Waals surface area (Å²) in [5, 5.41) is 22.3. The van der Waals surface area contributed by atoms with Crippen LogP contribution in [0, 0.1) is 31.6 Å². The second kappa shape index (κ2) is 5.75. The van der Waals surface area contributed by atoms with Crippen LogP contribution in [0.1, 0.15) is 61.5 Å². The van der Waals surface area contributed by atoms with Crippen LogP contribution in [0.5, 0.6) is 0 Å². The van der Waals surface area contributed by atoms with Gasteiger partial charge in [-0.25, -0.2) is 9.59 Å². The van der Waals surface area contributed by atoms with Crippen molar-refractivity contribution >= 4 is 12.0 Å². The molecule has 2 amide bonds. The third kappa shape index (κ3) is 2.89. The number of hydrogen-bond acceptors (Lipinski definition) is 3. The van der Waals surface area contributed by atoms with Gasteiger partial charge in [-0.2, -0.15) is 5.10 Å². The fraction of sp³-hybridized carbons (Fsp3) is 0.722. The van der Waals surface area contributed by atoms with Crippen LogP contribution in [0.3, 0.4) is 0 Å². The van der Waals surface area contributed by atoms with Crippen molar-refractivity contribution < 1.29 is 14.7 Å². The molecule has 1 aromatic heterocycles. The van der Waals surface area contributed by atoms with E-state index < -0.39 is 12.0 Å². The Kier molecular flexibility index (Phi) is 3.77. The summed E-state index contributed by atoms with van der Waals surface area (Å²) in [7, 11) is 0. The maximum absolute atomic E-state index is 12.6. The van der Waals surface area contributed by atoms with Gasteiger partial charge < -0.3 is 15.7 Å². The lowest BCUT2D eigenvalue weighted by atomic mass is 9.53. The summed E-state index contributed by atoms with van der Waals surface area (Å²) in [6.45, 7) is 3.51. The molecule has 7 nitrogen and oxygen atoms in total. The maximum Gasteiger partial charge on any atom is 0.331 e. The summed E-state index contributed by atoms with van der Waals surface area (Å²) in [6, 6.07) is -1.47. The Morgan fingerprint density at radius 1 is 1.16 bits per heavy atom. The predicted octanol–water partition coefficient (Wildman–Crippen LogP) is 2.42. The first kappa shape index (κ1) is 16.4. The van der Waals surface area contributed by atoms with E-state index in [-0.39, 0.29) is 11.6 Å². The molecule has 1 aromatic rings. The molecule has 7 heteroatoms. The Morgan fingerprint density at radius 2 is 1.72 bits per heavy atom. The van der Waals surface area contributed by atoms with Gasteiger partial charge in [0.1, 0.15) is 0 Å². The molecule has 4 aliphatic carbocycles. The van der Waals surface area contributed by atoms with Crippen LogP contribution in [-0.2, 0) is 4.79 Å². The molecule has 4 N–H and O–H groups in total. The van der Waals surface area contributed by atoms with Crippen LogP contribution in [0.25, 0.3) is 0 Å². The highest BCUT2D eigenvalue weighted by Gasteiger charge is 2.51. The second-order valence-corrected chi connectivity index (χ2v) is 8.42. The monoisotopic (exact) mass is 346 g/mol. The SMILES string of the molecule is Cc1n[nH]c(C)c1[C@@H](NC(=O)NC12CC3CC(CC(C3)C1)C2)C(=O)O. The number of aliphatic carboxylic acids is 1. The van der Waals surface area contributed by atoms with E-state index in [1.165, 1.54) is 19.3 Å². The van der Waals surface area contributed by atoms with Crippen molar-refractivity contribution in [2.24, 2.45) is 17.8 Å². The van der Waals surface area contributed by atoms with Gasteiger partial charge in [-0.15, -0.1) is 0 Å². The number of urea groups is 1. The molecule has 5 rings (SSSR count). The van der Waals surface area contributed by atoms with E-state index >= 15 is 0 Å². The quantitative estimate of drug-likeness (QED) is 0.671. The lowest BCUT2D eigenvalue weighted by Crippen LogP contribution is -2.61. The molecule has 1 heterocycles. The van der Waals surface area contributed by atoms with E-state index in [0.717, 1.165) is 37.0 Å². The maximum atomic E-state index is 12.6. The van der Waals surface area contributed by atoms with Crippen molar-refractivity contribution in [2.75, 3.05) is 0 Å². The summed E-state index contributed by atoms with van der Waals surface area (Å²) >= 11 is 0. The minimum absolute atomic E-state index is 0.137. The van der Waals surface area contributed by atoms with Crippen molar-refractivity contribution in [1.82, 2.24) is 20.8 Å². The van der Waals surface area contributed by atoms with E-state index in [1.54, 1.807) is 13.8 Å². The van der Waals surface area contributed by atoms with Crippen LogP contribution >= 0.6 is 0 Å². The summed E-state index contributed by atoms with van der Waals surface area (Å²) in [4.78, 5) is 24.4. The van der Waals surface area contributed by atoms with Gasteiger partial charge in [-0.1, -0.05) is 0 Å². The Balaban J connectivity index is 1.49. The molecule has 0 saturated heterocycles. The zero-order chi connectivity index (χ0) is 17.8. The van der Waals surface area contributed by atoms with Crippen LogP contribution in [0.2, 0.25) is 0 Å². The first-order valence-electron chi connectivity index (χ1n) is 9.18. The first-order chi connectivity index (χ1) is 11.8. The molecule has 0 unspecified atom stereocenters. The molecule has 1 atom stereocenters. The Hall–Kier alpha value is -2.05. The standard InChI is InChI=1S/C18H26N4O3/c1-9-14(10(2)22-21-9)15(16(23)24)19-17(25)20-18-6-11-3-12(7-18)5-13(4-11)8-18/h11-13,15H,3-8H2,1-2H3,(H,21,22)(H,23,24)(H2,19,20,25)/t11?,12?,13?,15-,18?/m1/s1. The highest BCUT2D eigenvalue weighted by molar-refractivity contribution is 5.84. The second-order valence-electron chi connectivity index (χ2n) is 8.42. The third-order valence-corrected chi connectivity index (χ3v) is 6.41. The molecular formula is C18H26N4O3. The number of carbonyl (C=O) groups is 2. The summed E-state index contributed by atoms with van der Waals surface area (Å²) < 4.78 is 0. The van der Waals surface area contributed by atoms with Crippen molar-refractivity contribution in [3.05, 3.63) is 17.0 Å². The molecule has 0 spiro atoms.